The first-order chi connectivity index (χ1) is 11.7. The standard InChI is InChI=1S/C20H14O4/c21-19-11-12-20(22)24-14-18-8-4-2-6-16(18)10-9-15-5-1-3-7-17(15)13-23-19/h1-8,11-12H,13-14H2/b12-11+. The molecular formula is C20H14O4. The molecule has 0 unspecified atom stereocenters. The van der Waals surface area contributed by atoms with Crippen molar-refractivity contribution in [2.75, 3.05) is 0 Å². The summed E-state index contributed by atoms with van der Waals surface area (Å²) in [5.41, 5.74) is 3.20. The summed E-state index contributed by atoms with van der Waals surface area (Å²) in [6.07, 6.45) is 2.13. The Bertz CT molecular complexity index is 799. The van der Waals surface area contributed by atoms with Crippen LogP contribution in [-0.4, -0.2) is 11.9 Å². The first-order valence-corrected chi connectivity index (χ1v) is 7.42. The van der Waals surface area contributed by atoms with E-state index in [1.54, 1.807) is 0 Å². The third-order valence-electron chi connectivity index (χ3n) is 3.46. The highest BCUT2D eigenvalue weighted by Gasteiger charge is 2.07. The molecule has 0 radical (unpaired) electrons. The maximum absolute atomic E-state index is 11.7. The molecule has 0 atom stereocenters. The predicted molar refractivity (Wildman–Crippen MR) is 87.6 cm³/mol. The van der Waals surface area contributed by atoms with Crippen LogP contribution >= 0.6 is 0 Å². The SMILES string of the molecule is O=C1/C=C/C(=O)OCc2ccccc2C#Cc2ccccc2CO1. The minimum absolute atomic E-state index is 0.0880. The lowest BCUT2D eigenvalue weighted by Crippen LogP contribution is -2.06. The molecule has 1 aliphatic heterocycles. The van der Waals surface area contributed by atoms with Crippen molar-refractivity contribution in [3.63, 3.8) is 0 Å². The number of rotatable bonds is 0. The first-order valence-electron chi connectivity index (χ1n) is 7.42. The van der Waals surface area contributed by atoms with Crippen LogP contribution in [-0.2, 0) is 32.3 Å². The van der Waals surface area contributed by atoms with Crippen molar-refractivity contribution in [1.29, 1.82) is 0 Å². The number of hydrogen-bond acceptors (Lipinski definition) is 4. The van der Waals surface area contributed by atoms with Crippen molar-refractivity contribution in [3.05, 3.63) is 82.9 Å². The van der Waals surface area contributed by atoms with Crippen LogP contribution in [0.5, 0.6) is 0 Å². The van der Waals surface area contributed by atoms with E-state index in [4.69, 9.17) is 9.47 Å². The minimum Gasteiger partial charge on any atom is -0.458 e. The van der Waals surface area contributed by atoms with Gasteiger partial charge in [-0.3, -0.25) is 0 Å². The third kappa shape index (κ3) is 3.90. The number of hydrogen-bond donors (Lipinski definition) is 0. The number of esters is 2. The van der Waals surface area contributed by atoms with Gasteiger partial charge in [0.15, 0.2) is 0 Å². The second-order valence-corrected chi connectivity index (χ2v) is 5.11. The normalized spacial score (nSPS) is 15.5. The second-order valence-electron chi connectivity index (χ2n) is 5.11. The highest BCUT2D eigenvalue weighted by Crippen LogP contribution is 2.13. The molecule has 1 heterocycles. The van der Waals surface area contributed by atoms with Gasteiger partial charge < -0.3 is 9.47 Å². The topological polar surface area (TPSA) is 52.6 Å². The van der Waals surface area contributed by atoms with Crippen LogP contribution in [0.25, 0.3) is 0 Å². The fourth-order valence-corrected chi connectivity index (χ4v) is 2.20. The van der Waals surface area contributed by atoms with Gasteiger partial charge in [-0.2, -0.15) is 0 Å². The Morgan fingerprint density at radius 3 is 1.54 bits per heavy atom. The number of carbonyl (C=O) groups excluding carboxylic acids is 2. The summed E-state index contributed by atoms with van der Waals surface area (Å²) in [4.78, 5) is 23.3. The van der Waals surface area contributed by atoms with Crippen LogP contribution in [0.4, 0.5) is 0 Å². The van der Waals surface area contributed by atoms with Crippen LogP contribution < -0.4 is 0 Å². The van der Waals surface area contributed by atoms with E-state index in [2.05, 4.69) is 11.8 Å². The van der Waals surface area contributed by atoms with E-state index >= 15 is 0 Å². The number of fused-ring (bicyclic) bond motifs is 2. The van der Waals surface area contributed by atoms with Crippen LogP contribution in [0.15, 0.2) is 60.7 Å². The Morgan fingerprint density at radius 2 is 1.08 bits per heavy atom. The monoisotopic (exact) mass is 318 g/mol. The van der Waals surface area contributed by atoms with E-state index in [-0.39, 0.29) is 13.2 Å². The van der Waals surface area contributed by atoms with Gasteiger partial charge in [-0.1, -0.05) is 48.2 Å². The molecule has 118 valence electrons. The fourth-order valence-electron chi connectivity index (χ4n) is 2.20. The van der Waals surface area contributed by atoms with Crippen molar-refractivity contribution in [1.82, 2.24) is 0 Å². The maximum Gasteiger partial charge on any atom is 0.331 e. The van der Waals surface area contributed by atoms with Gasteiger partial charge in [-0.15, -0.1) is 0 Å². The van der Waals surface area contributed by atoms with Crippen LogP contribution in [0, 0.1) is 11.8 Å². The lowest BCUT2D eigenvalue weighted by Gasteiger charge is -2.07. The summed E-state index contributed by atoms with van der Waals surface area (Å²) >= 11 is 0. The van der Waals surface area contributed by atoms with Crippen LogP contribution in [0.2, 0.25) is 0 Å². The highest BCUT2D eigenvalue weighted by atomic mass is 16.5. The molecule has 0 saturated heterocycles. The molecule has 0 saturated carbocycles. The highest BCUT2D eigenvalue weighted by molar-refractivity contribution is 5.91. The van der Waals surface area contributed by atoms with Gasteiger partial charge in [0, 0.05) is 34.4 Å². The summed E-state index contributed by atoms with van der Waals surface area (Å²) in [6, 6.07) is 14.9. The zero-order chi connectivity index (χ0) is 16.8. The summed E-state index contributed by atoms with van der Waals surface area (Å²) < 4.78 is 10.3. The van der Waals surface area contributed by atoms with Gasteiger partial charge in [0.2, 0.25) is 0 Å². The molecule has 0 bridgehead atoms. The second kappa shape index (κ2) is 7.30. The largest absolute Gasteiger partial charge is 0.458 e. The zero-order valence-corrected chi connectivity index (χ0v) is 12.8. The van der Waals surface area contributed by atoms with E-state index in [9.17, 15) is 9.59 Å². The number of cyclic esters (lactones) is 2. The number of carbonyl (C=O) groups is 2. The molecule has 0 aliphatic carbocycles. The molecule has 0 aromatic heterocycles. The van der Waals surface area contributed by atoms with Crippen LogP contribution in [0.3, 0.4) is 0 Å². The molecule has 24 heavy (non-hydrogen) atoms. The lowest BCUT2D eigenvalue weighted by molar-refractivity contribution is -0.141. The third-order valence-corrected chi connectivity index (χ3v) is 3.46. The van der Waals surface area contributed by atoms with Gasteiger partial charge in [0.05, 0.1) is 0 Å². The molecular weight excluding hydrogens is 304 g/mol. The van der Waals surface area contributed by atoms with E-state index in [1.807, 2.05) is 48.5 Å². The predicted octanol–water partition coefficient (Wildman–Crippen LogP) is 2.74. The smallest absolute Gasteiger partial charge is 0.331 e. The molecule has 0 fully saturated rings. The average molecular weight is 318 g/mol. The summed E-state index contributed by atoms with van der Waals surface area (Å²) in [6.45, 7) is 0.176. The Kier molecular flexibility index (Phi) is 4.73. The lowest BCUT2D eigenvalue weighted by atomic mass is 10.1. The van der Waals surface area contributed by atoms with E-state index in [1.165, 1.54) is 0 Å². The van der Waals surface area contributed by atoms with E-state index in [0.29, 0.717) is 0 Å². The number of ether oxygens (including phenoxy) is 2. The maximum atomic E-state index is 11.7. The zero-order valence-electron chi connectivity index (χ0n) is 12.8. The Morgan fingerprint density at radius 1 is 0.667 bits per heavy atom. The molecule has 3 rings (SSSR count). The van der Waals surface area contributed by atoms with Crippen molar-refractivity contribution >= 4 is 11.9 Å². The molecule has 0 N–H and O–H groups in total. The first kappa shape index (κ1) is 15.6. The van der Waals surface area contributed by atoms with Crippen molar-refractivity contribution in [3.8, 4) is 11.8 Å². The Hall–Kier alpha value is -3.32. The molecule has 0 spiro atoms. The molecule has 1 aliphatic rings. The van der Waals surface area contributed by atoms with Crippen molar-refractivity contribution in [2.24, 2.45) is 0 Å². The van der Waals surface area contributed by atoms with Crippen LogP contribution in [0.1, 0.15) is 22.3 Å². The minimum atomic E-state index is -0.604. The van der Waals surface area contributed by atoms with Gasteiger partial charge in [-0.05, 0) is 12.1 Å². The summed E-state index contributed by atoms with van der Waals surface area (Å²) in [5, 5.41) is 0. The van der Waals surface area contributed by atoms with Gasteiger partial charge >= 0.3 is 11.9 Å². The Labute approximate surface area is 139 Å². The molecule has 0 amide bonds. The van der Waals surface area contributed by atoms with Gasteiger partial charge in [0.25, 0.3) is 0 Å². The van der Waals surface area contributed by atoms with E-state index in [0.717, 1.165) is 34.4 Å². The summed E-state index contributed by atoms with van der Waals surface area (Å²) in [7, 11) is 0. The fraction of sp³-hybridized carbons (Fsp3) is 0.100. The molecule has 4 nitrogen and oxygen atoms in total. The number of benzene rings is 2. The Balaban J connectivity index is 2.02. The van der Waals surface area contributed by atoms with Crippen molar-refractivity contribution < 1.29 is 19.1 Å². The summed E-state index contributed by atoms with van der Waals surface area (Å²) in [5.74, 6) is 4.99. The molecule has 4 heteroatoms. The van der Waals surface area contributed by atoms with Crippen molar-refractivity contribution in [2.45, 2.75) is 13.2 Å². The van der Waals surface area contributed by atoms with E-state index < -0.39 is 11.9 Å². The average Bonchev–Trinajstić information content (AvgIpc) is 2.62. The molecule has 2 aromatic rings. The quantitative estimate of drug-likeness (QED) is 0.554. The van der Waals surface area contributed by atoms with Gasteiger partial charge in [-0.25, -0.2) is 9.59 Å². The van der Waals surface area contributed by atoms with Gasteiger partial charge in [0.1, 0.15) is 13.2 Å². The molecule has 2 aromatic carbocycles.